The molecule has 4 nitrogen and oxygen atoms in total. The van der Waals surface area contributed by atoms with Crippen LogP contribution < -0.4 is 5.32 Å². The van der Waals surface area contributed by atoms with Crippen molar-refractivity contribution >= 4 is 22.9 Å². The third-order valence-corrected chi connectivity index (χ3v) is 5.73. The van der Waals surface area contributed by atoms with E-state index >= 15 is 0 Å². The number of piperidine rings is 1. The molecule has 0 bridgehead atoms. The molecular formula is C22H21F2N3OS. The van der Waals surface area contributed by atoms with Crippen LogP contribution in [-0.4, -0.2) is 28.9 Å². The molecule has 1 aromatic heterocycles. The molecule has 1 N–H and O–H groups in total. The van der Waals surface area contributed by atoms with Gasteiger partial charge in [0.25, 0.3) is 0 Å². The summed E-state index contributed by atoms with van der Waals surface area (Å²) in [5.41, 5.74) is 5.03. The number of benzene rings is 2. The lowest BCUT2D eigenvalue weighted by Crippen LogP contribution is -2.37. The zero-order chi connectivity index (χ0) is 20.2. The minimum Gasteiger partial charge on any atom is -0.326 e. The number of carbonyl (C=O) groups excluding carboxylic acids is 1. The highest BCUT2D eigenvalue weighted by Gasteiger charge is 2.25. The Kier molecular flexibility index (Phi) is 5.97. The summed E-state index contributed by atoms with van der Waals surface area (Å²) in [5.74, 6) is -1.18. The second-order valence-corrected chi connectivity index (χ2v) is 7.99. The molecule has 7 heteroatoms. The van der Waals surface area contributed by atoms with Crippen LogP contribution in [0.25, 0.3) is 11.3 Å². The Morgan fingerprint density at radius 3 is 2.59 bits per heavy atom. The summed E-state index contributed by atoms with van der Waals surface area (Å²) >= 11 is 1.53. The topological polar surface area (TPSA) is 45.2 Å². The minimum atomic E-state index is -0.561. The molecule has 1 aliphatic rings. The maximum absolute atomic E-state index is 13.4. The van der Waals surface area contributed by atoms with Crippen LogP contribution >= 0.6 is 11.3 Å². The largest absolute Gasteiger partial charge is 0.326 e. The number of hydrogen-bond acceptors (Lipinski definition) is 4. The zero-order valence-electron chi connectivity index (χ0n) is 15.8. The number of anilines is 1. The van der Waals surface area contributed by atoms with Crippen LogP contribution in [0.15, 0.2) is 53.4 Å². The van der Waals surface area contributed by atoms with Crippen molar-refractivity contribution in [1.29, 1.82) is 0 Å². The maximum Gasteiger partial charge on any atom is 0.227 e. The molecule has 150 valence electrons. The van der Waals surface area contributed by atoms with Crippen molar-refractivity contribution in [2.75, 3.05) is 18.4 Å². The van der Waals surface area contributed by atoms with E-state index in [0.717, 1.165) is 48.9 Å². The molecule has 1 aliphatic heterocycles. The van der Waals surface area contributed by atoms with Crippen LogP contribution in [0.3, 0.4) is 0 Å². The van der Waals surface area contributed by atoms with E-state index in [4.69, 9.17) is 0 Å². The first-order chi connectivity index (χ1) is 14.1. The molecule has 0 aliphatic carbocycles. The van der Waals surface area contributed by atoms with E-state index in [-0.39, 0.29) is 11.8 Å². The Morgan fingerprint density at radius 1 is 1.14 bits per heavy atom. The van der Waals surface area contributed by atoms with Crippen molar-refractivity contribution in [3.05, 3.63) is 70.6 Å². The zero-order valence-corrected chi connectivity index (χ0v) is 16.6. The van der Waals surface area contributed by atoms with Crippen molar-refractivity contribution in [2.45, 2.75) is 19.4 Å². The Bertz CT molecular complexity index is 965. The molecule has 1 fully saturated rings. The lowest BCUT2D eigenvalue weighted by atomic mass is 9.95. The van der Waals surface area contributed by atoms with Crippen molar-refractivity contribution in [3.63, 3.8) is 0 Å². The fourth-order valence-corrected chi connectivity index (χ4v) is 4.23. The van der Waals surface area contributed by atoms with Gasteiger partial charge in [-0.1, -0.05) is 12.1 Å². The second kappa shape index (κ2) is 8.80. The van der Waals surface area contributed by atoms with Gasteiger partial charge in [-0.2, -0.15) is 0 Å². The predicted octanol–water partition coefficient (Wildman–Crippen LogP) is 4.94. The lowest BCUT2D eigenvalue weighted by Gasteiger charge is -2.31. The van der Waals surface area contributed by atoms with Gasteiger partial charge in [0.1, 0.15) is 11.6 Å². The molecule has 0 atom stereocenters. The number of hydrogen-bond donors (Lipinski definition) is 1. The summed E-state index contributed by atoms with van der Waals surface area (Å²) in [6.07, 6.45) is 1.44. The molecule has 0 saturated carbocycles. The highest BCUT2D eigenvalue weighted by atomic mass is 32.1. The van der Waals surface area contributed by atoms with Gasteiger partial charge in [-0.3, -0.25) is 9.69 Å². The SMILES string of the molecule is O=C(Nc1cccc(-c2cscn2)c1)C1CCN(Cc2cc(F)cc(F)c2)CC1. The van der Waals surface area contributed by atoms with E-state index < -0.39 is 11.6 Å². The molecular weight excluding hydrogens is 392 g/mol. The van der Waals surface area contributed by atoms with Crippen LogP contribution in [0.2, 0.25) is 0 Å². The Labute approximate surface area is 172 Å². The third kappa shape index (κ3) is 5.05. The number of carbonyl (C=O) groups is 1. The maximum atomic E-state index is 13.4. The summed E-state index contributed by atoms with van der Waals surface area (Å²) < 4.78 is 26.7. The van der Waals surface area contributed by atoms with Gasteiger partial charge in [-0.25, -0.2) is 13.8 Å². The summed E-state index contributed by atoms with van der Waals surface area (Å²) in [5, 5.41) is 4.99. The highest BCUT2D eigenvalue weighted by Crippen LogP contribution is 2.25. The van der Waals surface area contributed by atoms with Gasteiger partial charge in [-0.05, 0) is 55.8 Å². The molecule has 2 aromatic carbocycles. The molecule has 0 radical (unpaired) electrons. The molecule has 4 rings (SSSR count). The van der Waals surface area contributed by atoms with E-state index in [1.807, 2.05) is 29.6 Å². The van der Waals surface area contributed by atoms with E-state index in [1.54, 1.807) is 5.51 Å². The summed E-state index contributed by atoms with van der Waals surface area (Å²) in [7, 11) is 0. The number of likely N-dealkylation sites (tertiary alicyclic amines) is 1. The quantitative estimate of drug-likeness (QED) is 0.645. The van der Waals surface area contributed by atoms with Crippen LogP contribution in [0.4, 0.5) is 14.5 Å². The number of rotatable bonds is 5. The molecule has 1 saturated heterocycles. The lowest BCUT2D eigenvalue weighted by molar-refractivity contribution is -0.121. The Hall–Kier alpha value is -2.64. The number of thiazole rings is 1. The molecule has 1 amide bonds. The molecule has 0 unspecified atom stereocenters. The highest BCUT2D eigenvalue weighted by molar-refractivity contribution is 7.07. The van der Waals surface area contributed by atoms with Gasteiger partial charge in [0.2, 0.25) is 5.91 Å². The second-order valence-electron chi connectivity index (χ2n) is 7.27. The molecule has 29 heavy (non-hydrogen) atoms. The van der Waals surface area contributed by atoms with E-state index in [0.29, 0.717) is 12.1 Å². The number of amides is 1. The Balaban J connectivity index is 1.32. The van der Waals surface area contributed by atoms with Crippen LogP contribution in [0.1, 0.15) is 18.4 Å². The van der Waals surface area contributed by atoms with E-state index in [2.05, 4.69) is 15.2 Å². The van der Waals surface area contributed by atoms with Crippen molar-refractivity contribution in [2.24, 2.45) is 5.92 Å². The predicted molar refractivity (Wildman–Crippen MR) is 111 cm³/mol. The van der Waals surface area contributed by atoms with Crippen molar-refractivity contribution < 1.29 is 13.6 Å². The molecule has 0 spiro atoms. The minimum absolute atomic E-state index is 0.0110. The summed E-state index contributed by atoms with van der Waals surface area (Å²) in [6, 6.07) is 11.3. The molecule has 3 aromatic rings. The first-order valence-electron chi connectivity index (χ1n) is 9.53. The van der Waals surface area contributed by atoms with Gasteiger partial charge >= 0.3 is 0 Å². The number of aromatic nitrogens is 1. The van der Waals surface area contributed by atoms with Crippen molar-refractivity contribution in [3.8, 4) is 11.3 Å². The summed E-state index contributed by atoms with van der Waals surface area (Å²) in [4.78, 5) is 19.1. The average Bonchev–Trinajstić information content (AvgIpc) is 3.23. The fourth-order valence-electron chi connectivity index (χ4n) is 3.67. The van der Waals surface area contributed by atoms with Gasteiger partial charge in [0.05, 0.1) is 11.2 Å². The van der Waals surface area contributed by atoms with Gasteiger partial charge < -0.3 is 5.32 Å². The standard InChI is InChI=1S/C22H21F2N3OS/c23-18-8-15(9-19(24)11-18)12-27-6-4-16(5-7-27)22(28)26-20-3-1-2-17(10-20)21-13-29-14-25-21/h1-3,8-11,13-14,16H,4-7,12H2,(H,26,28). The fraction of sp³-hybridized carbons (Fsp3) is 0.273. The number of nitrogens with one attached hydrogen (secondary N) is 1. The van der Waals surface area contributed by atoms with E-state index in [1.165, 1.54) is 23.5 Å². The van der Waals surface area contributed by atoms with Gasteiger partial charge in [-0.15, -0.1) is 11.3 Å². The Morgan fingerprint density at radius 2 is 1.90 bits per heavy atom. The normalized spacial score (nSPS) is 15.4. The first kappa shape index (κ1) is 19.7. The first-order valence-corrected chi connectivity index (χ1v) is 10.5. The average molecular weight is 413 g/mol. The van der Waals surface area contributed by atoms with Gasteiger partial charge in [0.15, 0.2) is 0 Å². The monoisotopic (exact) mass is 413 g/mol. The number of halogens is 2. The number of nitrogens with zero attached hydrogens (tertiary/aromatic N) is 2. The van der Waals surface area contributed by atoms with Crippen molar-refractivity contribution in [1.82, 2.24) is 9.88 Å². The summed E-state index contributed by atoms with van der Waals surface area (Å²) in [6.45, 7) is 1.92. The third-order valence-electron chi connectivity index (χ3n) is 5.15. The van der Waals surface area contributed by atoms with E-state index in [9.17, 15) is 13.6 Å². The van der Waals surface area contributed by atoms with Crippen LogP contribution in [0.5, 0.6) is 0 Å². The molecule has 2 heterocycles. The van der Waals surface area contributed by atoms with Crippen LogP contribution in [0, 0.1) is 17.6 Å². The smallest absolute Gasteiger partial charge is 0.227 e. The van der Waals surface area contributed by atoms with Gasteiger partial charge in [0, 0.05) is 35.2 Å². The van der Waals surface area contributed by atoms with Crippen LogP contribution in [-0.2, 0) is 11.3 Å².